The lowest BCUT2D eigenvalue weighted by atomic mass is 10.1. The van der Waals surface area contributed by atoms with Gasteiger partial charge in [-0.3, -0.25) is 9.59 Å². The molecule has 3 amide bonds. The second-order valence-corrected chi connectivity index (χ2v) is 7.30. The van der Waals surface area contributed by atoms with Gasteiger partial charge in [0.05, 0.1) is 6.61 Å². The van der Waals surface area contributed by atoms with Crippen molar-refractivity contribution in [1.82, 2.24) is 20.5 Å². The van der Waals surface area contributed by atoms with Gasteiger partial charge in [0.25, 0.3) is 11.8 Å². The standard InChI is InChI=1S/C20H28N4O4/c1-2-28-20(27)24-12-10-15(11-13-24)22-19(26)17-9-5-8-16(23-17)18(25)21-14-6-3-4-7-14/h5,8-9,14-15H,2-4,6-7,10-13H2,1H3,(H,21,25)(H,22,26). The van der Waals surface area contributed by atoms with Crippen LogP contribution >= 0.6 is 0 Å². The van der Waals surface area contributed by atoms with E-state index in [2.05, 4.69) is 15.6 Å². The van der Waals surface area contributed by atoms with Gasteiger partial charge >= 0.3 is 6.09 Å². The number of amides is 3. The van der Waals surface area contributed by atoms with E-state index in [-0.39, 0.29) is 41.4 Å². The minimum atomic E-state index is -0.310. The molecule has 0 atom stereocenters. The number of carbonyl (C=O) groups is 3. The van der Waals surface area contributed by atoms with E-state index in [1.807, 2.05) is 0 Å². The van der Waals surface area contributed by atoms with Crippen molar-refractivity contribution in [1.29, 1.82) is 0 Å². The molecule has 8 nitrogen and oxygen atoms in total. The lowest BCUT2D eigenvalue weighted by molar-refractivity contribution is 0.0856. The van der Waals surface area contributed by atoms with Crippen molar-refractivity contribution in [3.05, 3.63) is 29.6 Å². The Bertz CT molecular complexity index is 710. The molecular weight excluding hydrogens is 360 g/mol. The largest absolute Gasteiger partial charge is 0.450 e. The normalized spacial score (nSPS) is 18.0. The van der Waals surface area contributed by atoms with E-state index in [9.17, 15) is 14.4 Å². The maximum atomic E-state index is 12.5. The second kappa shape index (κ2) is 9.52. The van der Waals surface area contributed by atoms with Crippen LogP contribution in [0.25, 0.3) is 0 Å². The van der Waals surface area contributed by atoms with Gasteiger partial charge < -0.3 is 20.3 Å². The molecule has 3 rings (SSSR count). The number of ether oxygens (including phenoxy) is 1. The summed E-state index contributed by atoms with van der Waals surface area (Å²) in [6.45, 7) is 3.22. The third-order valence-corrected chi connectivity index (χ3v) is 5.26. The Kier molecular flexibility index (Phi) is 6.84. The van der Waals surface area contributed by atoms with Crippen LogP contribution in [-0.2, 0) is 4.74 Å². The van der Waals surface area contributed by atoms with E-state index in [4.69, 9.17) is 4.74 Å². The van der Waals surface area contributed by atoms with Gasteiger partial charge in [-0.1, -0.05) is 18.9 Å². The summed E-state index contributed by atoms with van der Waals surface area (Å²) in [6, 6.07) is 5.08. The van der Waals surface area contributed by atoms with Crippen LogP contribution in [0.4, 0.5) is 4.79 Å². The minimum Gasteiger partial charge on any atom is -0.450 e. The smallest absolute Gasteiger partial charge is 0.409 e. The molecule has 2 N–H and O–H groups in total. The van der Waals surface area contributed by atoms with Crippen LogP contribution in [-0.4, -0.2) is 59.6 Å². The van der Waals surface area contributed by atoms with E-state index >= 15 is 0 Å². The molecule has 0 bridgehead atoms. The molecule has 28 heavy (non-hydrogen) atoms. The van der Waals surface area contributed by atoms with Crippen LogP contribution < -0.4 is 10.6 Å². The second-order valence-electron chi connectivity index (χ2n) is 7.30. The fourth-order valence-corrected chi connectivity index (χ4v) is 3.70. The minimum absolute atomic E-state index is 0.0315. The topological polar surface area (TPSA) is 101 Å². The number of pyridine rings is 1. The van der Waals surface area contributed by atoms with Gasteiger partial charge in [0, 0.05) is 25.2 Å². The monoisotopic (exact) mass is 388 g/mol. The number of nitrogens with one attached hydrogen (secondary N) is 2. The van der Waals surface area contributed by atoms with Crippen LogP contribution in [0.2, 0.25) is 0 Å². The average Bonchev–Trinajstić information content (AvgIpc) is 3.22. The first-order chi connectivity index (χ1) is 13.6. The molecule has 152 valence electrons. The van der Waals surface area contributed by atoms with Crippen molar-refractivity contribution >= 4 is 17.9 Å². The number of likely N-dealkylation sites (tertiary alicyclic amines) is 1. The van der Waals surface area contributed by atoms with E-state index in [0.717, 1.165) is 25.7 Å². The van der Waals surface area contributed by atoms with Crippen molar-refractivity contribution in [3.8, 4) is 0 Å². The molecule has 1 aliphatic carbocycles. The van der Waals surface area contributed by atoms with Gasteiger partial charge in [-0.25, -0.2) is 9.78 Å². The SMILES string of the molecule is CCOC(=O)N1CCC(NC(=O)c2cccc(C(=O)NC3CCCC3)n2)CC1. The summed E-state index contributed by atoms with van der Waals surface area (Å²) < 4.78 is 5.00. The van der Waals surface area contributed by atoms with Crippen LogP contribution in [0, 0.1) is 0 Å². The van der Waals surface area contributed by atoms with Gasteiger partial charge in [-0.15, -0.1) is 0 Å². The van der Waals surface area contributed by atoms with Crippen LogP contribution in [0.15, 0.2) is 18.2 Å². The summed E-state index contributed by atoms with van der Waals surface area (Å²) in [5, 5.41) is 5.94. The summed E-state index contributed by atoms with van der Waals surface area (Å²) in [7, 11) is 0. The Morgan fingerprint density at radius 1 is 1.00 bits per heavy atom. The van der Waals surface area contributed by atoms with Crippen LogP contribution in [0.3, 0.4) is 0 Å². The Morgan fingerprint density at radius 3 is 2.07 bits per heavy atom. The molecule has 0 aromatic carbocycles. The highest BCUT2D eigenvalue weighted by molar-refractivity contribution is 5.96. The van der Waals surface area contributed by atoms with E-state index in [0.29, 0.717) is 32.5 Å². The zero-order valence-electron chi connectivity index (χ0n) is 16.3. The van der Waals surface area contributed by atoms with Gasteiger partial charge in [0.2, 0.25) is 0 Å². The molecule has 2 heterocycles. The Balaban J connectivity index is 1.52. The summed E-state index contributed by atoms with van der Waals surface area (Å²) in [6.07, 6.45) is 5.27. The van der Waals surface area contributed by atoms with Gasteiger partial charge in [0.15, 0.2) is 0 Å². The highest BCUT2D eigenvalue weighted by Crippen LogP contribution is 2.18. The lowest BCUT2D eigenvalue weighted by Crippen LogP contribution is -2.46. The molecule has 0 spiro atoms. The Hall–Kier alpha value is -2.64. The number of piperidine rings is 1. The number of rotatable bonds is 5. The van der Waals surface area contributed by atoms with Crippen molar-refractivity contribution < 1.29 is 19.1 Å². The fraction of sp³-hybridized carbons (Fsp3) is 0.600. The third-order valence-electron chi connectivity index (χ3n) is 5.26. The maximum Gasteiger partial charge on any atom is 0.409 e. The number of carbonyl (C=O) groups excluding carboxylic acids is 3. The first-order valence-corrected chi connectivity index (χ1v) is 10.1. The Labute approximate surface area is 165 Å². The summed E-state index contributed by atoms with van der Waals surface area (Å²) >= 11 is 0. The average molecular weight is 388 g/mol. The molecule has 2 fully saturated rings. The number of hydrogen-bond donors (Lipinski definition) is 2. The molecule has 0 radical (unpaired) electrons. The molecule has 2 aliphatic rings. The molecule has 1 aromatic rings. The number of hydrogen-bond acceptors (Lipinski definition) is 5. The van der Waals surface area contributed by atoms with E-state index < -0.39 is 0 Å². The Morgan fingerprint density at radius 2 is 1.54 bits per heavy atom. The van der Waals surface area contributed by atoms with E-state index in [1.54, 1.807) is 30.0 Å². The molecule has 1 saturated carbocycles. The van der Waals surface area contributed by atoms with Gasteiger partial charge in [-0.05, 0) is 44.7 Å². The van der Waals surface area contributed by atoms with Crippen LogP contribution in [0.5, 0.6) is 0 Å². The molecule has 8 heteroatoms. The molecule has 1 saturated heterocycles. The highest BCUT2D eigenvalue weighted by Gasteiger charge is 2.25. The zero-order chi connectivity index (χ0) is 19.9. The predicted octanol–water partition coefficient (Wildman–Crippen LogP) is 2.10. The zero-order valence-corrected chi connectivity index (χ0v) is 16.3. The molecule has 1 aromatic heterocycles. The summed E-state index contributed by atoms with van der Waals surface area (Å²) in [5.41, 5.74) is 0.489. The van der Waals surface area contributed by atoms with Gasteiger partial charge in [0.1, 0.15) is 11.4 Å². The quantitative estimate of drug-likeness (QED) is 0.805. The lowest BCUT2D eigenvalue weighted by Gasteiger charge is -2.31. The number of nitrogens with zero attached hydrogens (tertiary/aromatic N) is 2. The summed E-state index contributed by atoms with van der Waals surface area (Å²) in [4.78, 5) is 42.5. The third kappa shape index (κ3) is 5.21. The van der Waals surface area contributed by atoms with Crippen molar-refractivity contribution in [2.45, 2.75) is 57.5 Å². The maximum absolute atomic E-state index is 12.5. The van der Waals surface area contributed by atoms with Crippen molar-refractivity contribution in [2.24, 2.45) is 0 Å². The molecular formula is C20H28N4O4. The van der Waals surface area contributed by atoms with Gasteiger partial charge in [-0.2, -0.15) is 0 Å². The molecule has 1 aliphatic heterocycles. The predicted molar refractivity (Wildman–Crippen MR) is 103 cm³/mol. The highest BCUT2D eigenvalue weighted by atomic mass is 16.6. The van der Waals surface area contributed by atoms with Crippen molar-refractivity contribution in [2.75, 3.05) is 19.7 Å². The summed E-state index contributed by atoms with van der Waals surface area (Å²) in [5.74, 6) is -0.533. The number of aromatic nitrogens is 1. The van der Waals surface area contributed by atoms with E-state index in [1.165, 1.54) is 0 Å². The first-order valence-electron chi connectivity index (χ1n) is 10.1. The van der Waals surface area contributed by atoms with Crippen LogP contribution in [0.1, 0.15) is 66.4 Å². The first kappa shape index (κ1) is 20.1. The van der Waals surface area contributed by atoms with Crippen molar-refractivity contribution in [3.63, 3.8) is 0 Å². The molecule has 0 unspecified atom stereocenters. The fourth-order valence-electron chi connectivity index (χ4n) is 3.70.